The first-order chi connectivity index (χ1) is 13.7. The van der Waals surface area contributed by atoms with E-state index in [-0.39, 0.29) is 5.91 Å². The fraction of sp³-hybridized carbons (Fsp3) is 0.333. The zero-order valence-electron chi connectivity index (χ0n) is 16.0. The number of pyridine rings is 1. The Hall–Kier alpha value is -2.88. The van der Waals surface area contributed by atoms with Crippen LogP contribution in [-0.4, -0.2) is 10.9 Å². The second-order valence-corrected chi connectivity index (χ2v) is 7.75. The van der Waals surface area contributed by atoms with Gasteiger partial charge in [-0.25, -0.2) is 4.98 Å². The van der Waals surface area contributed by atoms with E-state index in [0.717, 1.165) is 35.2 Å². The SMILES string of the molecule is NC(=O)CC1CCCC1Cc1ccc(OCc2ccc3ccccc3n2)cc1. The Morgan fingerprint density at radius 3 is 2.61 bits per heavy atom. The van der Waals surface area contributed by atoms with Crippen LogP contribution in [-0.2, 0) is 17.8 Å². The fourth-order valence-corrected chi connectivity index (χ4v) is 4.28. The van der Waals surface area contributed by atoms with E-state index in [9.17, 15) is 4.79 Å². The lowest BCUT2D eigenvalue weighted by molar-refractivity contribution is -0.119. The van der Waals surface area contributed by atoms with E-state index in [1.54, 1.807) is 0 Å². The van der Waals surface area contributed by atoms with Crippen molar-refractivity contribution >= 4 is 16.8 Å². The van der Waals surface area contributed by atoms with Crippen molar-refractivity contribution < 1.29 is 9.53 Å². The molecule has 1 aromatic heterocycles. The third kappa shape index (κ3) is 4.50. The van der Waals surface area contributed by atoms with Crippen molar-refractivity contribution in [2.75, 3.05) is 0 Å². The second kappa shape index (κ2) is 8.42. The Balaban J connectivity index is 1.34. The lowest BCUT2D eigenvalue weighted by Crippen LogP contribution is -2.20. The van der Waals surface area contributed by atoms with Gasteiger partial charge in [-0.3, -0.25) is 4.79 Å². The molecule has 0 bridgehead atoms. The normalized spacial score (nSPS) is 19.0. The Labute approximate surface area is 165 Å². The number of ether oxygens (including phenoxy) is 1. The molecule has 1 fully saturated rings. The number of fused-ring (bicyclic) bond motifs is 1. The van der Waals surface area contributed by atoms with Crippen LogP contribution in [0.1, 0.15) is 36.9 Å². The van der Waals surface area contributed by atoms with Crippen LogP contribution in [0.5, 0.6) is 5.75 Å². The largest absolute Gasteiger partial charge is 0.487 e. The predicted octanol–water partition coefficient (Wildman–Crippen LogP) is 4.65. The van der Waals surface area contributed by atoms with Crippen molar-refractivity contribution in [1.82, 2.24) is 4.98 Å². The summed E-state index contributed by atoms with van der Waals surface area (Å²) < 4.78 is 5.92. The minimum absolute atomic E-state index is 0.178. The predicted molar refractivity (Wildman–Crippen MR) is 111 cm³/mol. The first kappa shape index (κ1) is 18.5. The van der Waals surface area contributed by atoms with Gasteiger partial charge in [0.1, 0.15) is 12.4 Å². The van der Waals surface area contributed by atoms with Crippen molar-refractivity contribution in [3.63, 3.8) is 0 Å². The van der Waals surface area contributed by atoms with Crippen LogP contribution >= 0.6 is 0 Å². The van der Waals surface area contributed by atoms with Gasteiger partial charge in [0.25, 0.3) is 0 Å². The molecule has 1 aliphatic rings. The Kier molecular flexibility index (Phi) is 5.56. The summed E-state index contributed by atoms with van der Waals surface area (Å²) >= 11 is 0. The number of hydrogen-bond acceptors (Lipinski definition) is 3. The van der Waals surface area contributed by atoms with Crippen molar-refractivity contribution in [3.8, 4) is 5.75 Å². The third-order valence-corrected chi connectivity index (χ3v) is 5.74. The highest BCUT2D eigenvalue weighted by Crippen LogP contribution is 2.36. The minimum atomic E-state index is -0.178. The van der Waals surface area contributed by atoms with Crippen LogP contribution in [0.3, 0.4) is 0 Å². The van der Waals surface area contributed by atoms with Gasteiger partial charge in [-0.2, -0.15) is 0 Å². The molecule has 3 aromatic rings. The number of aromatic nitrogens is 1. The second-order valence-electron chi connectivity index (χ2n) is 7.75. The molecule has 2 atom stereocenters. The monoisotopic (exact) mass is 374 g/mol. The molecule has 4 nitrogen and oxygen atoms in total. The summed E-state index contributed by atoms with van der Waals surface area (Å²) in [4.78, 5) is 15.9. The zero-order valence-corrected chi connectivity index (χ0v) is 16.0. The molecule has 1 amide bonds. The molecule has 1 heterocycles. The smallest absolute Gasteiger partial charge is 0.217 e. The van der Waals surface area contributed by atoms with E-state index in [2.05, 4.69) is 29.2 Å². The number of carbonyl (C=O) groups is 1. The molecule has 1 aliphatic carbocycles. The van der Waals surface area contributed by atoms with E-state index in [1.807, 2.05) is 36.4 Å². The highest BCUT2D eigenvalue weighted by molar-refractivity contribution is 5.78. The summed E-state index contributed by atoms with van der Waals surface area (Å²) in [6, 6.07) is 20.5. The number of hydrogen-bond donors (Lipinski definition) is 1. The molecule has 0 saturated heterocycles. The number of rotatable bonds is 7. The molecule has 0 radical (unpaired) electrons. The zero-order chi connectivity index (χ0) is 19.3. The van der Waals surface area contributed by atoms with Gasteiger partial charge in [0.15, 0.2) is 0 Å². The van der Waals surface area contributed by atoms with Crippen molar-refractivity contribution in [2.24, 2.45) is 17.6 Å². The number of amides is 1. The summed E-state index contributed by atoms with van der Waals surface area (Å²) in [5.41, 5.74) is 8.60. The van der Waals surface area contributed by atoms with E-state index >= 15 is 0 Å². The van der Waals surface area contributed by atoms with Crippen molar-refractivity contribution in [2.45, 2.75) is 38.7 Å². The van der Waals surface area contributed by atoms with Gasteiger partial charge in [-0.05, 0) is 60.9 Å². The first-order valence-corrected chi connectivity index (χ1v) is 10.0. The van der Waals surface area contributed by atoms with E-state index in [4.69, 9.17) is 10.5 Å². The number of benzene rings is 2. The number of para-hydroxylation sites is 1. The van der Waals surface area contributed by atoms with E-state index < -0.39 is 0 Å². The maximum absolute atomic E-state index is 11.3. The molecule has 0 aliphatic heterocycles. The average molecular weight is 374 g/mol. The van der Waals surface area contributed by atoms with Crippen molar-refractivity contribution in [3.05, 3.63) is 71.9 Å². The van der Waals surface area contributed by atoms with Gasteiger partial charge in [0, 0.05) is 11.8 Å². The fourth-order valence-electron chi connectivity index (χ4n) is 4.28. The number of carbonyl (C=O) groups excluding carboxylic acids is 1. The number of nitrogens with zero attached hydrogens (tertiary/aromatic N) is 1. The Bertz CT molecular complexity index is 952. The quantitative estimate of drug-likeness (QED) is 0.655. The van der Waals surface area contributed by atoms with Crippen LogP contribution in [0.15, 0.2) is 60.7 Å². The van der Waals surface area contributed by atoms with Gasteiger partial charge >= 0.3 is 0 Å². The topological polar surface area (TPSA) is 65.2 Å². The van der Waals surface area contributed by atoms with E-state index in [1.165, 1.54) is 18.4 Å². The summed E-state index contributed by atoms with van der Waals surface area (Å²) in [5, 5.41) is 1.14. The van der Waals surface area contributed by atoms with E-state index in [0.29, 0.717) is 24.9 Å². The van der Waals surface area contributed by atoms with Gasteiger partial charge in [-0.1, -0.05) is 42.8 Å². The lowest BCUT2D eigenvalue weighted by atomic mass is 9.87. The first-order valence-electron chi connectivity index (χ1n) is 10.0. The van der Waals surface area contributed by atoms with Gasteiger partial charge in [0.2, 0.25) is 5.91 Å². The van der Waals surface area contributed by atoms with Crippen LogP contribution in [0.25, 0.3) is 10.9 Å². The molecule has 144 valence electrons. The molecule has 2 N–H and O–H groups in total. The minimum Gasteiger partial charge on any atom is -0.487 e. The van der Waals surface area contributed by atoms with Gasteiger partial charge < -0.3 is 10.5 Å². The standard InChI is InChI=1S/C24H26N2O2/c25-24(27)15-20-6-3-5-19(20)14-17-8-12-22(13-9-17)28-16-21-11-10-18-4-1-2-7-23(18)26-21/h1-2,4,7-13,19-20H,3,5-6,14-16H2,(H2,25,27). The van der Waals surface area contributed by atoms with Crippen LogP contribution in [0.2, 0.25) is 0 Å². The van der Waals surface area contributed by atoms with Crippen LogP contribution < -0.4 is 10.5 Å². The summed E-state index contributed by atoms with van der Waals surface area (Å²) in [6.45, 7) is 0.452. The molecule has 2 aromatic carbocycles. The molecule has 1 saturated carbocycles. The molecule has 2 unspecified atom stereocenters. The van der Waals surface area contributed by atoms with Crippen LogP contribution in [0, 0.1) is 11.8 Å². The lowest BCUT2D eigenvalue weighted by Gasteiger charge is -2.18. The highest BCUT2D eigenvalue weighted by atomic mass is 16.5. The summed E-state index contributed by atoms with van der Waals surface area (Å²) in [5.74, 6) is 1.66. The molecular formula is C24H26N2O2. The van der Waals surface area contributed by atoms with Crippen molar-refractivity contribution in [1.29, 1.82) is 0 Å². The average Bonchev–Trinajstić information content (AvgIpc) is 3.13. The van der Waals surface area contributed by atoms with Gasteiger partial charge in [-0.15, -0.1) is 0 Å². The Morgan fingerprint density at radius 1 is 1.00 bits per heavy atom. The Morgan fingerprint density at radius 2 is 1.79 bits per heavy atom. The molecule has 0 spiro atoms. The third-order valence-electron chi connectivity index (χ3n) is 5.74. The highest BCUT2D eigenvalue weighted by Gasteiger charge is 2.28. The molecule has 4 rings (SSSR count). The molecule has 28 heavy (non-hydrogen) atoms. The molecular weight excluding hydrogens is 348 g/mol. The molecule has 4 heteroatoms. The maximum Gasteiger partial charge on any atom is 0.217 e. The van der Waals surface area contributed by atoms with Crippen LogP contribution in [0.4, 0.5) is 0 Å². The number of nitrogens with two attached hydrogens (primary N) is 1. The summed E-state index contributed by atoms with van der Waals surface area (Å²) in [7, 11) is 0. The van der Waals surface area contributed by atoms with Gasteiger partial charge in [0.05, 0.1) is 11.2 Å². The number of primary amides is 1. The maximum atomic E-state index is 11.3. The summed E-state index contributed by atoms with van der Waals surface area (Å²) in [6.07, 6.45) is 5.02.